The van der Waals surface area contributed by atoms with E-state index in [2.05, 4.69) is 10.3 Å². The van der Waals surface area contributed by atoms with Gasteiger partial charge in [-0.15, -0.1) is 11.3 Å². The number of rotatable bonds is 4. The van der Waals surface area contributed by atoms with Crippen molar-refractivity contribution < 1.29 is 30.8 Å². The van der Waals surface area contributed by atoms with Gasteiger partial charge >= 0.3 is 6.18 Å². The van der Waals surface area contributed by atoms with Gasteiger partial charge in [0.2, 0.25) is 10.0 Å². The maximum Gasteiger partial charge on any atom is 0.416 e. The molecule has 12 heteroatoms. The van der Waals surface area contributed by atoms with Crippen molar-refractivity contribution in [3.05, 3.63) is 64.6 Å². The zero-order valence-corrected chi connectivity index (χ0v) is 16.8. The molecule has 0 saturated heterocycles. The van der Waals surface area contributed by atoms with E-state index in [-0.39, 0.29) is 18.0 Å². The van der Waals surface area contributed by atoms with Crippen LogP contribution in [0.2, 0.25) is 0 Å². The minimum Gasteiger partial charge on any atom is -0.472 e. The van der Waals surface area contributed by atoms with E-state index in [0.29, 0.717) is 27.7 Å². The predicted octanol–water partition coefficient (Wildman–Crippen LogP) is 3.75. The molecule has 2 aromatic heterocycles. The summed E-state index contributed by atoms with van der Waals surface area (Å²) in [4.78, 5) is 16.9. The molecule has 0 saturated carbocycles. The van der Waals surface area contributed by atoms with Gasteiger partial charge in [-0.3, -0.25) is 10.1 Å². The summed E-state index contributed by atoms with van der Waals surface area (Å²) in [6.07, 6.45) is -1.55. The fourth-order valence-corrected chi connectivity index (χ4v) is 5.47. The Kier molecular flexibility index (Phi) is 5.16. The first-order valence-corrected chi connectivity index (χ1v) is 10.9. The highest BCUT2D eigenvalue weighted by Crippen LogP contribution is 2.33. The average Bonchev–Trinajstić information content (AvgIpc) is 3.36. The van der Waals surface area contributed by atoms with Crippen LogP contribution < -0.4 is 5.32 Å². The zero-order chi connectivity index (χ0) is 21.5. The topological polar surface area (TPSA) is 92.5 Å². The van der Waals surface area contributed by atoms with E-state index in [0.717, 1.165) is 35.6 Å². The first kappa shape index (κ1) is 20.6. The van der Waals surface area contributed by atoms with Crippen LogP contribution in [-0.2, 0) is 29.2 Å². The fourth-order valence-electron chi connectivity index (χ4n) is 2.96. The molecule has 3 heterocycles. The number of alkyl halides is 3. The molecular weight excluding hydrogens is 443 g/mol. The van der Waals surface area contributed by atoms with Crippen LogP contribution >= 0.6 is 11.3 Å². The molecule has 1 N–H and O–H groups in total. The summed E-state index contributed by atoms with van der Waals surface area (Å²) in [5, 5.41) is 2.97. The Morgan fingerprint density at radius 2 is 1.93 bits per heavy atom. The van der Waals surface area contributed by atoms with Gasteiger partial charge in [0.15, 0.2) is 5.13 Å². The van der Waals surface area contributed by atoms with Gasteiger partial charge in [-0.05, 0) is 30.3 Å². The van der Waals surface area contributed by atoms with Crippen molar-refractivity contribution >= 4 is 32.4 Å². The molecule has 0 atom stereocenters. The number of nitrogens with zero attached hydrogens (tertiary/aromatic N) is 2. The van der Waals surface area contributed by atoms with Crippen LogP contribution in [0.15, 0.2) is 52.2 Å². The number of hydrogen-bond acceptors (Lipinski definition) is 6. The monoisotopic (exact) mass is 457 g/mol. The Morgan fingerprint density at radius 1 is 1.20 bits per heavy atom. The number of carbonyl (C=O) groups is 1. The number of halogens is 3. The molecule has 0 aliphatic carbocycles. The minimum absolute atomic E-state index is 0.0257. The van der Waals surface area contributed by atoms with Crippen molar-refractivity contribution in [3.8, 4) is 0 Å². The Balaban J connectivity index is 1.51. The van der Waals surface area contributed by atoms with Gasteiger partial charge in [0.1, 0.15) is 6.26 Å². The summed E-state index contributed by atoms with van der Waals surface area (Å²) < 4.78 is 69.9. The number of nitrogens with one attached hydrogen (secondary N) is 1. The lowest BCUT2D eigenvalue weighted by molar-refractivity contribution is -0.137. The molecule has 1 aliphatic rings. The van der Waals surface area contributed by atoms with E-state index in [4.69, 9.17) is 4.42 Å². The molecule has 158 valence electrons. The van der Waals surface area contributed by atoms with Crippen LogP contribution in [0.3, 0.4) is 0 Å². The summed E-state index contributed by atoms with van der Waals surface area (Å²) in [6.45, 7) is 0.160. The van der Waals surface area contributed by atoms with Gasteiger partial charge in [0.05, 0.1) is 34.5 Å². The van der Waals surface area contributed by atoms with E-state index in [1.54, 1.807) is 0 Å². The number of thiazole rings is 1. The lowest BCUT2D eigenvalue weighted by atomic mass is 10.2. The molecule has 0 spiro atoms. The highest BCUT2D eigenvalue weighted by Gasteiger charge is 2.33. The second kappa shape index (κ2) is 7.52. The summed E-state index contributed by atoms with van der Waals surface area (Å²) in [5.41, 5.74) is 0.0962. The molecule has 0 unspecified atom stereocenters. The number of sulfonamides is 1. The van der Waals surface area contributed by atoms with Crippen LogP contribution in [0, 0.1) is 0 Å². The van der Waals surface area contributed by atoms with Crippen LogP contribution in [0.4, 0.5) is 18.3 Å². The number of carbonyl (C=O) groups excluding carboxylic acids is 1. The minimum atomic E-state index is -4.54. The quantitative estimate of drug-likeness (QED) is 0.644. The van der Waals surface area contributed by atoms with Gasteiger partial charge < -0.3 is 4.42 Å². The molecule has 1 amide bonds. The van der Waals surface area contributed by atoms with E-state index >= 15 is 0 Å². The van der Waals surface area contributed by atoms with Gasteiger partial charge in [0, 0.05) is 17.8 Å². The van der Waals surface area contributed by atoms with Gasteiger partial charge in [-0.2, -0.15) is 17.5 Å². The third-order valence-electron chi connectivity index (χ3n) is 4.52. The summed E-state index contributed by atoms with van der Waals surface area (Å²) in [5.74, 6) is -0.399. The highest BCUT2D eigenvalue weighted by atomic mass is 32.2. The summed E-state index contributed by atoms with van der Waals surface area (Å²) in [7, 11) is -3.97. The van der Waals surface area contributed by atoms with Gasteiger partial charge in [-0.25, -0.2) is 13.4 Å². The van der Waals surface area contributed by atoms with Crippen molar-refractivity contribution in [2.24, 2.45) is 0 Å². The predicted molar refractivity (Wildman–Crippen MR) is 102 cm³/mol. The molecular formula is C18H14F3N3O4S2. The number of furan rings is 1. The van der Waals surface area contributed by atoms with Crippen LogP contribution in [0.1, 0.15) is 26.5 Å². The normalized spacial score (nSPS) is 15.0. The molecule has 7 nitrogen and oxygen atoms in total. The number of anilines is 1. The maximum absolute atomic E-state index is 12.8. The zero-order valence-electron chi connectivity index (χ0n) is 15.1. The Labute approximate surface area is 173 Å². The number of amides is 1. The molecule has 0 fully saturated rings. The summed E-state index contributed by atoms with van der Waals surface area (Å²) >= 11 is 1.15. The first-order valence-electron chi connectivity index (χ1n) is 8.64. The first-order chi connectivity index (χ1) is 14.1. The van der Waals surface area contributed by atoms with Crippen molar-refractivity contribution in [1.29, 1.82) is 0 Å². The maximum atomic E-state index is 12.8. The standard InChI is InChI=1S/C18H14F3N3O4S2/c19-18(20,21)12-1-3-13(4-2-12)30(26,27)24-7-5-14-15(9-24)29-17(22-14)23-16(25)11-6-8-28-10-11/h1-4,6,8,10H,5,7,9H2,(H,22,23,25). The van der Waals surface area contributed by atoms with Crippen molar-refractivity contribution in [2.75, 3.05) is 11.9 Å². The lowest BCUT2D eigenvalue weighted by Gasteiger charge is -2.25. The average molecular weight is 457 g/mol. The second-order valence-corrected chi connectivity index (χ2v) is 9.49. The van der Waals surface area contributed by atoms with Gasteiger partial charge in [-0.1, -0.05) is 0 Å². The second-order valence-electron chi connectivity index (χ2n) is 6.47. The third kappa shape index (κ3) is 3.98. The Morgan fingerprint density at radius 3 is 2.57 bits per heavy atom. The molecule has 0 bridgehead atoms. The Bertz CT molecular complexity index is 1170. The van der Waals surface area contributed by atoms with Gasteiger partial charge in [0.25, 0.3) is 5.91 Å². The third-order valence-corrected chi connectivity index (χ3v) is 7.38. The molecule has 0 radical (unpaired) electrons. The molecule has 4 rings (SSSR count). The van der Waals surface area contributed by atoms with Crippen LogP contribution in [0.5, 0.6) is 0 Å². The molecule has 1 aromatic carbocycles. The molecule has 30 heavy (non-hydrogen) atoms. The molecule has 3 aromatic rings. The number of hydrogen-bond donors (Lipinski definition) is 1. The number of aromatic nitrogens is 1. The van der Waals surface area contributed by atoms with Crippen molar-refractivity contribution in [2.45, 2.75) is 24.0 Å². The SMILES string of the molecule is O=C(Nc1nc2c(s1)CN(S(=O)(=O)c1ccc(C(F)(F)F)cc1)CC2)c1ccoc1. The van der Waals surface area contributed by atoms with Crippen LogP contribution in [0.25, 0.3) is 0 Å². The fraction of sp³-hybridized carbons (Fsp3) is 0.222. The van der Waals surface area contributed by atoms with E-state index in [9.17, 15) is 26.4 Å². The lowest BCUT2D eigenvalue weighted by Crippen LogP contribution is -2.35. The van der Waals surface area contributed by atoms with E-state index < -0.39 is 27.7 Å². The van der Waals surface area contributed by atoms with E-state index in [1.807, 2.05) is 0 Å². The Hall–Kier alpha value is -2.70. The molecule has 1 aliphatic heterocycles. The smallest absolute Gasteiger partial charge is 0.416 e. The number of fused-ring (bicyclic) bond motifs is 1. The van der Waals surface area contributed by atoms with Crippen molar-refractivity contribution in [1.82, 2.24) is 9.29 Å². The van der Waals surface area contributed by atoms with Crippen molar-refractivity contribution in [3.63, 3.8) is 0 Å². The highest BCUT2D eigenvalue weighted by molar-refractivity contribution is 7.89. The summed E-state index contributed by atoms with van der Waals surface area (Å²) in [6, 6.07) is 4.91. The van der Waals surface area contributed by atoms with E-state index in [1.165, 1.54) is 22.9 Å². The number of benzene rings is 1. The largest absolute Gasteiger partial charge is 0.472 e. The van der Waals surface area contributed by atoms with Crippen LogP contribution in [-0.4, -0.2) is 30.2 Å².